The highest BCUT2D eigenvalue weighted by Crippen LogP contribution is 2.32. The highest BCUT2D eigenvalue weighted by atomic mass is 79.9. The first-order chi connectivity index (χ1) is 5.54. The summed E-state index contributed by atoms with van der Waals surface area (Å²) in [4.78, 5) is 10.2. The molecule has 0 aromatic heterocycles. The number of hydrogen-bond acceptors (Lipinski definition) is 2. The Morgan fingerprint density at radius 2 is 1.83 bits per heavy atom. The quantitative estimate of drug-likeness (QED) is 0.588. The fourth-order valence-electron chi connectivity index (χ4n) is 0.867. The Hall–Kier alpha value is -0.420. The Morgan fingerprint density at radius 3 is 2.25 bits per heavy atom. The van der Waals surface area contributed by atoms with Crippen molar-refractivity contribution in [2.75, 3.05) is 0 Å². The zero-order valence-corrected chi connectivity index (χ0v) is 9.35. The van der Waals surface area contributed by atoms with Crippen LogP contribution in [0.25, 0.3) is 0 Å². The number of rotatable bonds is 1. The van der Waals surface area contributed by atoms with E-state index in [0.29, 0.717) is 10.0 Å². The maximum atomic E-state index is 10.5. The van der Waals surface area contributed by atoms with Gasteiger partial charge in [-0.05, 0) is 35.0 Å². The highest BCUT2D eigenvalue weighted by molar-refractivity contribution is 9.11. The van der Waals surface area contributed by atoms with Gasteiger partial charge in [-0.15, -0.1) is 0 Å². The van der Waals surface area contributed by atoms with Gasteiger partial charge >= 0.3 is 0 Å². The van der Waals surface area contributed by atoms with E-state index in [-0.39, 0.29) is 5.69 Å². The Kier molecular flexibility index (Phi) is 2.85. The number of nitro groups is 1. The molecule has 0 aliphatic carbocycles. The van der Waals surface area contributed by atoms with Crippen LogP contribution in [0.3, 0.4) is 0 Å². The van der Waals surface area contributed by atoms with Crippen molar-refractivity contribution in [2.24, 2.45) is 0 Å². The van der Waals surface area contributed by atoms with Crippen molar-refractivity contribution in [3.63, 3.8) is 0 Å². The summed E-state index contributed by atoms with van der Waals surface area (Å²) in [6.45, 7) is 1.70. The molecule has 0 radical (unpaired) electrons. The van der Waals surface area contributed by atoms with E-state index in [2.05, 4.69) is 31.9 Å². The van der Waals surface area contributed by atoms with Gasteiger partial charge in [-0.1, -0.05) is 15.9 Å². The number of halogens is 2. The van der Waals surface area contributed by atoms with E-state index in [0.717, 1.165) is 4.47 Å². The largest absolute Gasteiger partial charge is 0.287 e. The third-order valence-electron chi connectivity index (χ3n) is 1.50. The van der Waals surface area contributed by atoms with Crippen LogP contribution < -0.4 is 0 Å². The molecule has 0 aliphatic rings. The summed E-state index contributed by atoms with van der Waals surface area (Å²) in [5.74, 6) is 0. The van der Waals surface area contributed by atoms with E-state index in [1.165, 1.54) is 0 Å². The molecule has 0 atom stereocenters. The van der Waals surface area contributed by atoms with E-state index < -0.39 is 4.92 Å². The van der Waals surface area contributed by atoms with Crippen molar-refractivity contribution in [1.82, 2.24) is 0 Å². The Morgan fingerprint density at radius 1 is 1.33 bits per heavy atom. The molecule has 3 nitrogen and oxygen atoms in total. The maximum absolute atomic E-state index is 10.5. The highest BCUT2D eigenvalue weighted by Gasteiger charge is 2.16. The van der Waals surface area contributed by atoms with Gasteiger partial charge < -0.3 is 0 Å². The molecule has 0 aliphatic heterocycles. The first-order valence-electron chi connectivity index (χ1n) is 3.13. The molecule has 0 amide bonds. The van der Waals surface area contributed by atoms with Crippen LogP contribution in [0.2, 0.25) is 0 Å². The number of hydrogen-bond donors (Lipinski definition) is 0. The summed E-state index contributed by atoms with van der Waals surface area (Å²) >= 11 is 6.34. The average Bonchev–Trinajstić information content (AvgIpc) is 1.97. The molecule has 0 heterocycles. The van der Waals surface area contributed by atoms with Crippen LogP contribution in [0, 0.1) is 17.0 Å². The fourth-order valence-corrected chi connectivity index (χ4v) is 1.76. The smallest absolute Gasteiger partial charge is 0.258 e. The second kappa shape index (κ2) is 3.53. The van der Waals surface area contributed by atoms with Gasteiger partial charge in [-0.2, -0.15) is 0 Å². The van der Waals surface area contributed by atoms with Gasteiger partial charge in [0.15, 0.2) is 0 Å². The summed E-state index contributed by atoms with van der Waals surface area (Å²) < 4.78 is 1.26. The van der Waals surface area contributed by atoms with Crippen molar-refractivity contribution < 1.29 is 4.92 Å². The molecule has 1 aromatic rings. The predicted octanol–water partition coefficient (Wildman–Crippen LogP) is 3.43. The number of benzene rings is 1. The fraction of sp³-hybridized carbons (Fsp3) is 0.143. The van der Waals surface area contributed by atoms with Crippen LogP contribution in [-0.2, 0) is 0 Å². The zero-order valence-electron chi connectivity index (χ0n) is 6.17. The van der Waals surface area contributed by atoms with Crippen LogP contribution in [-0.4, -0.2) is 4.92 Å². The average molecular weight is 295 g/mol. The minimum atomic E-state index is -0.399. The third kappa shape index (κ3) is 1.67. The van der Waals surface area contributed by atoms with Gasteiger partial charge in [0.05, 0.1) is 9.40 Å². The molecule has 0 bridgehead atoms. The zero-order chi connectivity index (χ0) is 9.30. The van der Waals surface area contributed by atoms with E-state index in [9.17, 15) is 10.1 Å². The monoisotopic (exact) mass is 293 g/mol. The van der Waals surface area contributed by atoms with Crippen molar-refractivity contribution >= 4 is 37.5 Å². The van der Waals surface area contributed by atoms with Crippen molar-refractivity contribution in [2.45, 2.75) is 6.92 Å². The van der Waals surface area contributed by atoms with E-state index in [4.69, 9.17) is 0 Å². The predicted molar refractivity (Wildman–Crippen MR) is 53.2 cm³/mol. The van der Waals surface area contributed by atoms with Gasteiger partial charge in [0.1, 0.15) is 0 Å². The van der Waals surface area contributed by atoms with Crippen LogP contribution in [0.4, 0.5) is 5.69 Å². The van der Waals surface area contributed by atoms with Gasteiger partial charge in [-0.25, -0.2) is 0 Å². The van der Waals surface area contributed by atoms with Crippen LogP contribution in [0.5, 0.6) is 0 Å². The van der Waals surface area contributed by atoms with E-state index in [1.807, 2.05) is 0 Å². The summed E-state index contributed by atoms with van der Waals surface area (Å²) in [6, 6.07) is 3.42. The molecular formula is C7H5Br2NO2. The minimum absolute atomic E-state index is 0.115. The van der Waals surface area contributed by atoms with Crippen LogP contribution in [0.1, 0.15) is 5.56 Å². The lowest BCUT2D eigenvalue weighted by Gasteiger charge is -2.00. The lowest BCUT2D eigenvalue weighted by atomic mass is 10.2. The molecule has 0 saturated heterocycles. The number of nitro benzene ring substituents is 1. The first-order valence-corrected chi connectivity index (χ1v) is 4.71. The van der Waals surface area contributed by atoms with Crippen LogP contribution >= 0.6 is 31.9 Å². The molecule has 64 valence electrons. The molecule has 5 heteroatoms. The van der Waals surface area contributed by atoms with Crippen LogP contribution in [0.15, 0.2) is 21.1 Å². The van der Waals surface area contributed by atoms with E-state index >= 15 is 0 Å². The second-order valence-corrected chi connectivity index (χ2v) is 3.97. The topological polar surface area (TPSA) is 43.1 Å². The normalized spacial score (nSPS) is 9.92. The SMILES string of the molecule is Cc1c(Br)ccc(Br)c1[N+](=O)[O-]. The van der Waals surface area contributed by atoms with Gasteiger partial charge in [0, 0.05) is 10.0 Å². The maximum Gasteiger partial charge on any atom is 0.287 e. The lowest BCUT2D eigenvalue weighted by molar-refractivity contribution is -0.386. The minimum Gasteiger partial charge on any atom is -0.258 e. The van der Waals surface area contributed by atoms with Gasteiger partial charge in [-0.3, -0.25) is 10.1 Å². The summed E-state index contributed by atoms with van der Waals surface area (Å²) in [6.07, 6.45) is 0. The molecule has 0 saturated carbocycles. The van der Waals surface area contributed by atoms with Gasteiger partial charge in [0.2, 0.25) is 0 Å². The van der Waals surface area contributed by atoms with Crippen molar-refractivity contribution in [1.29, 1.82) is 0 Å². The Bertz CT molecular complexity index is 338. The van der Waals surface area contributed by atoms with Crippen molar-refractivity contribution in [3.8, 4) is 0 Å². The number of nitrogens with zero attached hydrogens (tertiary/aromatic N) is 1. The lowest BCUT2D eigenvalue weighted by Crippen LogP contribution is -1.93. The molecule has 1 rings (SSSR count). The standard InChI is InChI=1S/C7H5Br2NO2/c1-4-5(8)2-3-6(9)7(4)10(11)12/h2-3H,1H3. The summed E-state index contributed by atoms with van der Waals surface area (Å²) in [7, 11) is 0. The summed E-state index contributed by atoms with van der Waals surface area (Å²) in [5, 5.41) is 10.5. The molecule has 0 unspecified atom stereocenters. The van der Waals surface area contributed by atoms with E-state index in [1.54, 1.807) is 19.1 Å². The molecule has 1 aromatic carbocycles. The van der Waals surface area contributed by atoms with Crippen molar-refractivity contribution in [3.05, 3.63) is 36.8 Å². The Labute approximate surface area is 86.2 Å². The molecular weight excluding hydrogens is 290 g/mol. The molecule has 0 fully saturated rings. The molecule has 0 N–H and O–H groups in total. The first kappa shape index (κ1) is 9.67. The third-order valence-corrected chi connectivity index (χ3v) is 3.00. The second-order valence-electron chi connectivity index (χ2n) is 2.26. The molecule has 0 spiro atoms. The summed E-state index contributed by atoms with van der Waals surface area (Å²) in [5.41, 5.74) is 0.749. The Balaban J connectivity index is 3.43. The molecule has 12 heavy (non-hydrogen) atoms. The van der Waals surface area contributed by atoms with Gasteiger partial charge in [0.25, 0.3) is 5.69 Å².